The van der Waals surface area contributed by atoms with Gasteiger partial charge in [-0.15, -0.1) is 0 Å². The van der Waals surface area contributed by atoms with Crippen molar-refractivity contribution in [1.82, 2.24) is 4.98 Å². The molecule has 1 aromatic heterocycles. The Morgan fingerprint density at radius 2 is 1.72 bits per heavy atom. The summed E-state index contributed by atoms with van der Waals surface area (Å²) in [5, 5.41) is 13.7. The summed E-state index contributed by atoms with van der Waals surface area (Å²) in [4.78, 5) is 26.2. The zero-order valence-electron chi connectivity index (χ0n) is 15.2. The van der Waals surface area contributed by atoms with Crippen molar-refractivity contribution in [3.05, 3.63) is 88.2 Å². The number of hydrogen-bond acceptors (Lipinski definition) is 6. The summed E-state index contributed by atoms with van der Waals surface area (Å²) >= 11 is 0. The van der Waals surface area contributed by atoms with E-state index in [1.807, 2.05) is 0 Å². The van der Waals surface area contributed by atoms with Crippen LogP contribution in [0.5, 0.6) is 0 Å². The van der Waals surface area contributed by atoms with Crippen LogP contribution in [0.3, 0.4) is 0 Å². The van der Waals surface area contributed by atoms with E-state index >= 15 is 0 Å². The van der Waals surface area contributed by atoms with Gasteiger partial charge in [0.05, 0.1) is 9.82 Å². The summed E-state index contributed by atoms with van der Waals surface area (Å²) in [5.74, 6) is -0.397. The molecule has 0 aliphatic heterocycles. The maximum absolute atomic E-state index is 12.5. The van der Waals surface area contributed by atoms with Crippen LogP contribution in [-0.4, -0.2) is 24.2 Å². The molecular weight excluding hydrogens is 396 g/mol. The third-order valence-electron chi connectivity index (χ3n) is 3.98. The van der Waals surface area contributed by atoms with Crippen LogP contribution in [0.2, 0.25) is 0 Å². The first-order valence-electron chi connectivity index (χ1n) is 8.36. The van der Waals surface area contributed by atoms with Gasteiger partial charge in [-0.2, -0.15) is 0 Å². The van der Waals surface area contributed by atoms with Crippen molar-refractivity contribution in [2.75, 3.05) is 10.0 Å². The van der Waals surface area contributed by atoms with Crippen LogP contribution in [0.1, 0.15) is 16.1 Å². The van der Waals surface area contributed by atoms with Gasteiger partial charge in [0.2, 0.25) is 0 Å². The van der Waals surface area contributed by atoms with E-state index in [1.165, 1.54) is 49.5 Å². The predicted molar refractivity (Wildman–Crippen MR) is 107 cm³/mol. The Morgan fingerprint density at radius 1 is 1.03 bits per heavy atom. The van der Waals surface area contributed by atoms with Gasteiger partial charge in [-0.1, -0.05) is 12.1 Å². The number of carbonyl (C=O) groups excluding carboxylic acids is 1. The van der Waals surface area contributed by atoms with Crippen LogP contribution in [0.4, 0.5) is 17.1 Å². The molecular formula is C19H16N4O5S. The topological polar surface area (TPSA) is 131 Å². The largest absolute Gasteiger partial charge is 0.321 e. The summed E-state index contributed by atoms with van der Waals surface area (Å²) in [7, 11) is -4.02. The van der Waals surface area contributed by atoms with Crippen LogP contribution in [0.25, 0.3) is 0 Å². The van der Waals surface area contributed by atoms with Gasteiger partial charge in [0.1, 0.15) is 5.69 Å². The van der Waals surface area contributed by atoms with Crippen LogP contribution >= 0.6 is 0 Å². The van der Waals surface area contributed by atoms with E-state index in [9.17, 15) is 23.3 Å². The van der Waals surface area contributed by atoms with Crippen molar-refractivity contribution in [3.8, 4) is 0 Å². The predicted octanol–water partition coefficient (Wildman–Crippen LogP) is 3.35. The number of rotatable bonds is 6. The normalized spacial score (nSPS) is 10.9. The molecule has 29 heavy (non-hydrogen) atoms. The Kier molecular flexibility index (Phi) is 5.55. The Bertz CT molecular complexity index is 1160. The minimum atomic E-state index is -4.02. The van der Waals surface area contributed by atoms with Gasteiger partial charge in [-0.25, -0.2) is 8.42 Å². The first-order valence-corrected chi connectivity index (χ1v) is 9.85. The number of nitro groups is 1. The highest BCUT2D eigenvalue weighted by Crippen LogP contribution is 2.24. The number of amides is 1. The number of nitrogens with zero attached hydrogens (tertiary/aromatic N) is 2. The Hall–Kier alpha value is -3.79. The zero-order valence-corrected chi connectivity index (χ0v) is 16.0. The number of benzene rings is 2. The standard InChI is InChI=1S/C19H16N4O5S/c1-13-5-10-16(12-18(13)23(25)26)29(27,28)22-15-8-6-14(7-9-15)21-19(24)17-4-2-3-11-20-17/h2-12,22H,1H3,(H,21,24). The second-order valence-electron chi connectivity index (χ2n) is 6.06. The molecule has 9 nitrogen and oxygen atoms in total. The summed E-state index contributed by atoms with van der Waals surface area (Å²) in [6.07, 6.45) is 1.50. The third kappa shape index (κ3) is 4.74. The van der Waals surface area contributed by atoms with Crippen molar-refractivity contribution < 1.29 is 18.1 Å². The zero-order chi connectivity index (χ0) is 21.0. The first kappa shape index (κ1) is 20.0. The molecule has 0 unspecified atom stereocenters. The van der Waals surface area contributed by atoms with Gasteiger partial charge in [0, 0.05) is 29.2 Å². The van der Waals surface area contributed by atoms with Gasteiger partial charge >= 0.3 is 0 Å². The SMILES string of the molecule is Cc1ccc(S(=O)(=O)Nc2ccc(NC(=O)c3ccccn3)cc2)cc1[N+](=O)[O-]. The summed E-state index contributed by atoms with van der Waals surface area (Å²) in [5.41, 5.74) is 1.03. The number of aromatic nitrogens is 1. The Morgan fingerprint density at radius 3 is 2.34 bits per heavy atom. The van der Waals surface area contributed by atoms with E-state index in [4.69, 9.17) is 0 Å². The summed E-state index contributed by atoms with van der Waals surface area (Å²) < 4.78 is 27.4. The minimum absolute atomic E-state index is 0.220. The van der Waals surface area contributed by atoms with Gasteiger partial charge in [-0.3, -0.25) is 24.6 Å². The Labute approximate surface area is 166 Å². The van der Waals surface area contributed by atoms with E-state index in [2.05, 4.69) is 15.0 Å². The van der Waals surface area contributed by atoms with E-state index in [0.717, 1.165) is 6.07 Å². The lowest BCUT2D eigenvalue weighted by Gasteiger charge is -2.10. The highest BCUT2D eigenvalue weighted by molar-refractivity contribution is 7.92. The molecule has 0 radical (unpaired) electrons. The number of anilines is 2. The quantitative estimate of drug-likeness (QED) is 0.471. The molecule has 0 fully saturated rings. The number of nitro benzene ring substituents is 1. The fourth-order valence-corrected chi connectivity index (χ4v) is 3.56. The van der Waals surface area contributed by atoms with E-state index < -0.39 is 20.9 Å². The number of aryl methyl sites for hydroxylation is 1. The van der Waals surface area contributed by atoms with Crippen molar-refractivity contribution >= 4 is 33.0 Å². The number of pyridine rings is 1. The molecule has 1 heterocycles. The van der Waals surface area contributed by atoms with Gasteiger partial charge in [-0.05, 0) is 49.4 Å². The fourth-order valence-electron chi connectivity index (χ4n) is 2.48. The molecule has 0 spiro atoms. The summed E-state index contributed by atoms with van der Waals surface area (Å²) in [6.45, 7) is 1.53. The van der Waals surface area contributed by atoms with Crippen LogP contribution < -0.4 is 10.0 Å². The molecule has 2 N–H and O–H groups in total. The van der Waals surface area contributed by atoms with Gasteiger partial charge in [0.15, 0.2) is 0 Å². The molecule has 3 aromatic rings. The fraction of sp³-hybridized carbons (Fsp3) is 0.0526. The molecule has 148 valence electrons. The lowest BCUT2D eigenvalue weighted by molar-refractivity contribution is -0.385. The van der Waals surface area contributed by atoms with Crippen LogP contribution in [0.15, 0.2) is 71.8 Å². The third-order valence-corrected chi connectivity index (χ3v) is 5.36. The maximum Gasteiger partial charge on any atom is 0.274 e. The molecule has 0 bridgehead atoms. The minimum Gasteiger partial charge on any atom is -0.321 e. The van der Waals surface area contributed by atoms with Crippen LogP contribution in [0, 0.1) is 17.0 Å². The molecule has 0 atom stereocenters. The van der Waals surface area contributed by atoms with Crippen molar-refractivity contribution in [3.63, 3.8) is 0 Å². The highest BCUT2D eigenvalue weighted by Gasteiger charge is 2.20. The van der Waals surface area contributed by atoms with Crippen LogP contribution in [-0.2, 0) is 10.0 Å². The molecule has 2 aromatic carbocycles. The monoisotopic (exact) mass is 412 g/mol. The summed E-state index contributed by atoms with van der Waals surface area (Å²) in [6, 6.07) is 14.6. The number of carbonyl (C=O) groups is 1. The van der Waals surface area contributed by atoms with Crippen molar-refractivity contribution in [1.29, 1.82) is 0 Å². The van der Waals surface area contributed by atoms with Crippen molar-refractivity contribution in [2.24, 2.45) is 0 Å². The number of sulfonamides is 1. The molecule has 3 rings (SSSR count). The first-order chi connectivity index (χ1) is 13.8. The number of hydrogen-bond donors (Lipinski definition) is 2. The molecule has 1 amide bonds. The maximum atomic E-state index is 12.5. The van der Waals surface area contributed by atoms with E-state index in [1.54, 1.807) is 18.2 Å². The second-order valence-corrected chi connectivity index (χ2v) is 7.74. The average Bonchev–Trinajstić information content (AvgIpc) is 2.70. The number of nitrogens with one attached hydrogen (secondary N) is 2. The van der Waals surface area contributed by atoms with E-state index in [-0.39, 0.29) is 22.0 Å². The average molecular weight is 412 g/mol. The highest BCUT2D eigenvalue weighted by atomic mass is 32.2. The van der Waals surface area contributed by atoms with Gasteiger partial charge in [0.25, 0.3) is 21.6 Å². The van der Waals surface area contributed by atoms with Gasteiger partial charge < -0.3 is 5.32 Å². The molecule has 0 aliphatic carbocycles. The lowest BCUT2D eigenvalue weighted by Crippen LogP contribution is -2.14. The Balaban J connectivity index is 1.74. The molecule has 0 saturated carbocycles. The molecule has 10 heteroatoms. The lowest BCUT2D eigenvalue weighted by atomic mass is 10.2. The van der Waals surface area contributed by atoms with E-state index in [0.29, 0.717) is 11.3 Å². The smallest absolute Gasteiger partial charge is 0.274 e. The molecule has 0 aliphatic rings. The molecule has 0 saturated heterocycles. The van der Waals surface area contributed by atoms with Crippen molar-refractivity contribution in [2.45, 2.75) is 11.8 Å². The second kappa shape index (κ2) is 8.07.